The monoisotopic (exact) mass is 222 g/mol. The van der Waals surface area contributed by atoms with E-state index in [0.29, 0.717) is 5.82 Å². The first-order valence-corrected chi connectivity index (χ1v) is 5.29. The predicted molar refractivity (Wildman–Crippen MR) is 63.2 cm³/mol. The molecule has 0 aliphatic heterocycles. The lowest BCUT2D eigenvalue weighted by Gasteiger charge is -2.22. The van der Waals surface area contributed by atoms with E-state index < -0.39 is 11.6 Å². The van der Waals surface area contributed by atoms with E-state index >= 15 is 0 Å². The van der Waals surface area contributed by atoms with Crippen LogP contribution in [0, 0.1) is 0 Å². The van der Waals surface area contributed by atoms with Gasteiger partial charge in [0.1, 0.15) is 17.5 Å². The first-order valence-electron chi connectivity index (χ1n) is 5.29. The second-order valence-corrected chi connectivity index (χ2v) is 4.61. The van der Waals surface area contributed by atoms with Gasteiger partial charge in [-0.25, -0.2) is 9.78 Å². The lowest BCUT2D eigenvalue weighted by atomic mass is 10.2. The van der Waals surface area contributed by atoms with Crippen molar-refractivity contribution < 1.29 is 9.53 Å². The number of carbonyl (C=O) groups excluding carboxylic acids is 1. The summed E-state index contributed by atoms with van der Waals surface area (Å²) in [7, 11) is 0. The van der Waals surface area contributed by atoms with Crippen LogP contribution in [0.5, 0.6) is 0 Å². The molecule has 0 radical (unpaired) electrons. The number of hydrogen-bond donors (Lipinski definition) is 1. The molecule has 0 aliphatic rings. The average molecular weight is 222 g/mol. The van der Waals surface area contributed by atoms with Crippen LogP contribution in [0.25, 0.3) is 0 Å². The fraction of sp³-hybridized carbons (Fsp3) is 0.500. The predicted octanol–water partition coefficient (Wildman–Crippen LogP) is 2.22. The van der Waals surface area contributed by atoms with E-state index in [9.17, 15) is 4.79 Å². The molecule has 1 aromatic rings. The second kappa shape index (κ2) is 4.96. The van der Waals surface area contributed by atoms with Gasteiger partial charge in [-0.3, -0.25) is 0 Å². The Kier molecular flexibility index (Phi) is 3.88. The number of aromatic nitrogens is 1. The number of rotatable bonds is 3. The Morgan fingerprint density at radius 1 is 1.44 bits per heavy atom. The SMILES string of the molecule is C[C@@H](Nc1ccccn1)C(=O)OC(C)(C)C. The van der Waals surface area contributed by atoms with E-state index in [1.54, 1.807) is 19.2 Å². The maximum Gasteiger partial charge on any atom is 0.328 e. The molecule has 0 amide bonds. The van der Waals surface area contributed by atoms with Gasteiger partial charge in [0.15, 0.2) is 0 Å². The number of nitrogens with one attached hydrogen (secondary N) is 1. The normalized spacial score (nSPS) is 13.0. The highest BCUT2D eigenvalue weighted by Crippen LogP contribution is 2.10. The van der Waals surface area contributed by atoms with E-state index in [1.165, 1.54) is 0 Å². The maximum absolute atomic E-state index is 11.7. The van der Waals surface area contributed by atoms with Crippen molar-refractivity contribution in [1.82, 2.24) is 4.98 Å². The molecular formula is C12H18N2O2. The van der Waals surface area contributed by atoms with Gasteiger partial charge in [-0.2, -0.15) is 0 Å². The fourth-order valence-electron chi connectivity index (χ4n) is 1.12. The smallest absolute Gasteiger partial charge is 0.328 e. The zero-order valence-electron chi connectivity index (χ0n) is 10.2. The summed E-state index contributed by atoms with van der Waals surface area (Å²) >= 11 is 0. The standard InChI is InChI=1S/C12H18N2O2/c1-9(11(15)16-12(2,3)4)14-10-7-5-6-8-13-10/h5-9H,1-4H3,(H,13,14)/t9-/m1/s1. The Morgan fingerprint density at radius 3 is 2.62 bits per heavy atom. The van der Waals surface area contributed by atoms with Gasteiger partial charge >= 0.3 is 5.97 Å². The summed E-state index contributed by atoms with van der Waals surface area (Å²) in [6, 6.07) is 5.08. The molecule has 0 unspecified atom stereocenters. The molecule has 0 aromatic carbocycles. The number of esters is 1. The average Bonchev–Trinajstić information content (AvgIpc) is 2.16. The van der Waals surface area contributed by atoms with Gasteiger partial charge in [0.05, 0.1) is 0 Å². The largest absolute Gasteiger partial charge is 0.458 e. The third kappa shape index (κ3) is 4.29. The van der Waals surface area contributed by atoms with Crippen LogP contribution >= 0.6 is 0 Å². The van der Waals surface area contributed by atoms with Crippen molar-refractivity contribution in [2.45, 2.75) is 39.3 Å². The van der Waals surface area contributed by atoms with Crippen LogP contribution < -0.4 is 5.32 Å². The summed E-state index contributed by atoms with van der Waals surface area (Å²) in [5.74, 6) is 0.388. The number of nitrogens with zero attached hydrogens (tertiary/aromatic N) is 1. The van der Waals surface area contributed by atoms with Gasteiger partial charge in [0.25, 0.3) is 0 Å². The van der Waals surface area contributed by atoms with E-state index in [4.69, 9.17) is 4.74 Å². The molecule has 0 fully saturated rings. The van der Waals surface area contributed by atoms with Crippen molar-refractivity contribution in [2.24, 2.45) is 0 Å². The van der Waals surface area contributed by atoms with E-state index in [2.05, 4.69) is 10.3 Å². The molecule has 0 bridgehead atoms. The molecule has 0 aliphatic carbocycles. The highest BCUT2D eigenvalue weighted by atomic mass is 16.6. The van der Waals surface area contributed by atoms with Gasteiger partial charge in [-0.1, -0.05) is 6.07 Å². The summed E-state index contributed by atoms with van der Waals surface area (Å²) in [5, 5.41) is 2.98. The van der Waals surface area contributed by atoms with E-state index in [0.717, 1.165) is 0 Å². The second-order valence-electron chi connectivity index (χ2n) is 4.61. The third-order valence-corrected chi connectivity index (χ3v) is 1.79. The lowest BCUT2D eigenvalue weighted by Crippen LogP contribution is -2.34. The Labute approximate surface area is 96.0 Å². The summed E-state index contributed by atoms with van der Waals surface area (Å²) in [4.78, 5) is 15.7. The van der Waals surface area contributed by atoms with Crippen molar-refractivity contribution in [3.63, 3.8) is 0 Å². The quantitative estimate of drug-likeness (QED) is 0.797. The molecule has 4 heteroatoms. The van der Waals surface area contributed by atoms with Gasteiger partial charge in [0.2, 0.25) is 0 Å². The van der Waals surface area contributed by atoms with Crippen LogP contribution in [-0.4, -0.2) is 22.6 Å². The molecule has 1 N–H and O–H groups in total. The summed E-state index contributed by atoms with van der Waals surface area (Å²) in [6.45, 7) is 7.29. The van der Waals surface area contributed by atoms with Crippen LogP contribution in [0.2, 0.25) is 0 Å². The minimum absolute atomic E-state index is 0.279. The Hall–Kier alpha value is -1.58. The minimum Gasteiger partial charge on any atom is -0.458 e. The van der Waals surface area contributed by atoms with Crippen LogP contribution in [0.1, 0.15) is 27.7 Å². The van der Waals surface area contributed by atoms with Crippen molar-refractivity contribution in [3.8, 4) is 0 Å². The number of pyridine rings is 1. The minimum atomic E-state index is -0.461. The Bertz CT molecular complexity index is 344. The first kappa shape index (κ1) is 12.5. The van der Waals surface area contributed by atoms with Crippen molar-refractivity contribution in [3.05, 3.63) is 24.4 Å². The van der Waals surface area contributed by atoms with Crippen LogP contribution in [0.15, 0.2) is 24.4 Å². The Balaban J connectivity index is 2.53. The summed E-state index contributed by atoms with van der Waals surface area (Å²) in [5.41, 5.74) is -0.461. The highest BCUT2D eigenvalue weighted by Gasteiger charge is 2.21. The van der Waals surface area contributed by atoms with E-state index in [-0.39, 0.29) is 5.97 Å². The lowest BCUT2D eigenvalue weighted by molar-refractivity contribution is -0.155. The molecule has 0 saturated carbocycles. The fourth-order valence-corrected chi connectivity index (χ4v) is 1.12. The van der Waals surface area contributed by atoms with Gasteiger partial charge in [0, 0.05) is 6.20 Å². The van der Waals surface area contributed by atoms with Gasteiger partial charge in [-0.15, -0.1) is 0 Å². The Morgan fingerprint density at radius 2 is 2.12 bits per heavy atom. The van der Waals surface area contributed by atoms with Crippen molar-refractivity contribution >= 4 is 11.8 Å². The molecule has 1 atom stereocenters. The summed E-state index contributed by atoms with van der Waals surface area (Å²) < 4.78 is 5.24. The molecular weight excluding hydrogens is 204 g/mol. The topological polar surface area (TPSA) is 51.2 Å². The van der Waals surface area contributed by atoms with Crippen molar-refractivity contribution in [2.75, 3.05) is 5.32 Å². The number of anilines is 1. The zero-order chi connectivity index (χ0) is 12.2. The molecule has 1 aromatic heterocycles. The first-order chi connectivity index (χ1) is 7.38. The molecule has 4 nitrogen and oxygen atoms in total. The molecule has 16 heavy (non-hydrogen) atoms. The number of hydrogen-bond acceptors (Lipinski definition) is 4. The summed E-state index contributed by atoms with van der Waals surface area (Å²) in [6.07, 6.45) is 1.67. The molecule has 0 saturated heterocycles. The zero-order valence-corrected chi connectivity index (χ0v) is 10.2. The highest BCUT2D eigenvalue weighted by molar-refractivity contribution is 5.78. The number of carbonyl (C=O) groups is 1. The van der Waals surface area contributed by atoms with Crippen molar-refractivity contribution in [1.29, 1.82) is 0 Å². The maximum atomic E-state index is 11.7. The molecule has 88 valence electrons. The van der Waals surface area contributed by atoms with E-state index in [1.807, 2.05) is 32.9 Å². The van der Waals surface area contributed by atoms with Crippen LogP contribution in [-0.2, 0) is 9.53 Å². The molecule has 0 spiro atoms. The third-order valence-electron chi connectivity index (χ3n) is 1.79. The van der Waals surface area contributed by atoms with Gasteiger partial charge < -0.3 is 10.1 Å². The van der Waals surface area contributed by atoms with Crippen LogP contribution in [0.4, 0.5) is 5.82 Å². The molecule has 1 heterocycles. The molecule has 1 rings (SSSR count). The number of ether oxygens (including phenoxy) is 1. The van der Waals surface area contributed by atoms with Gasteiger partial charge in [-0.05, 0) is 39.8 Å². The van der Waals surface area contributed by atoms with Crippen LogP contribution in [0.3, 0.4) is 0 Å².